The standard InChI is InChI=1S/C9H17NO/c1-7(6-11)8-4-2-3-5-9(8)10/h6-9H,2-5,10H2,1H3/t7-,8+,9-/m1/s1. The van der Waals surface area contributed by atoms with Crippen LogP contribution < -0.4 is 5.73 Å². The molecule has 0 radical (unpaired) electrons. The average Bonchev–Trinajstić information content (AvgIpc) is 2.04. The molecule has 0 spiro atoms. The minimum Gasteiger partial charge on any atom is -0.327 e. The van der Waals surface area contributed by atoms with Crippen molar-refractivity contribution in [2.45, 2.75) is 38.6 Å². The Balaban J connectivity index is 2.46. The number of nitrogens with two attached hydrogens (primary N) is 1. The molecule has 1 aliphatic carbocycles. The first-order valence-corrected chi connectivity index (χ1v) is 4.46. The first-order chi connectivity index (χ1) is 5.25. The second kappa shape index (κ2) is 3.86. The maximum absolute atomic E-state index is 10.5. The van der Waals surface area contributed by atoms with Gasteiger partial charge in [0, 0.05) is 12.0 Å². The number of hydrogen-bond acceptors (Lipinski definition) is 2. The highest BCUT2D eigenvalue weighted by Crippen LogP contribution is 2.27. The third kappa shape index (κ3) is 2.03. The molecule has 0 amide bonds. The fourth-order valence-electron chi connectivity index (χ4n) is 1.94. The lowest BCUT2D eigenvalue weighted by atomic mass is 9.78. The van der Waals surface area contributed by atoms with Gasteiger partial charge in [-0.15, -0.1) is 0 Å². The van der Waals surface area contributed by atoms with Gasteiger partial charge in [0.05, 0.1) is 0 Å². The normalized spacial score (nSPS) is 34.7. The molecular formula is C9H17NO. The SMILES string of the molecule is C[C@H](C=O)[C@@H]1CCCC[C@H]1N. The average molecular weight is 155 g/mol. The molecule has 0 aromatic heterocycles. The van der Waals surface area contributed by atoms with E-state index in [1.54, 1.807) is 0 Å². The highest BCUT2D eigenvalue weighted by atomic mass is 16.1. The lowest BCUT2D eigenvalue weighted by molar-refractivity contribution is -0.112. The zero-order valence-electron chi connectivity index (χ0n) is 7.12. The van der Waals surface area contributed by atoms with E-state index in [0.717, 1.165) is 19.1 Å². The molecule has 1 fully saturated rings. The summed E-state index contributed by atoms with van der Waals surface area (Å²) in [6.45, 7) is 1.98. The molecule has 0 bridgehead atoms. The number of carbonyl (C=O) groups is 1. The summed E-state index contributed by atoms with van der Waals surface area (Å²) in [5.74, 6) is 0.603. The molecule has 0 unspecified atom stereocenters. The number of hydrogen-bond donors (Lipinski definition) is 1. The molecule has 0 aromatic rings. The Kier molecular flexibility index (Phi) is 3.06. The van der Waals surface area contributed by atoms with Gasteiger partial charge in [0.25, 0.3) is 0 Å². The Bertz CT molecular complexity index is 136. The molecule has 11 heavy (non-hydrogen) atoms. The summed E-state index contributed by atoms with van der Waals surface area (Å²) in [5, 5.41) is 0. The summed E-state index contributed by atoms with van der Waals surface area (Å²) in [4.78, 5) is 10.5. The van der Waals surface area contributed by atoms with Gasteiger partial charge in [0.15, 0.2) is 0 Å². The predicted octanol–water partition coefficient (Wildman–Crippen LogP) is 1.34. The molecule has 1 saturated carbocycles. The Morgan fingerprint density at radius 1 is 1.45 bits per heavy atom. The van der Waals surface area contributed by atoms with Crippen molar-refractivity contribution in [3.8, 4) is 0 Å². The van der Waals surface area contributed by atoms with Crippen LogP contribution in [0.3, 0.4) is 0 Å². The lowest BCUT2D eigenvalue weighted by Crippen LogP contribution is -2.37. The Morgan fingerprint density at radius 2 is 2.09 bits per heavy atom. The maximum Gasteiger partial charge on any atom is 0.123 e. The largest absolute Gasteiger partial charge is 0.327 e. The van der Waals surface area contributed by atoms with E-state index in [0.29, 0.717) is 5.92 Å². The van der Waals surface area contributed by atoms with Crippen LogP contribution in [0.4, 0.5) is 0 Å². The molecule has 0 aliphatic heterocycles. The predicted molar refractivity (Wildman–Crippen MR) is 45.2 cm³/mol. The molecule has 0 aromatic carbocycles. The van der Waals surface area contributed by atoms with Crippen LogP contribution in [0.2, 0.25) is 0 Å². The van der Waals surface area contributed by atoms with Crippen LogP contribution in [-0.4, -0.2) is 12.3 Å². The molecule has 3 atom stereocenters. The van der Waals surface area contributed by atoms with E-state index in [2.05, 4.69) is 0 Å². The summed E-state index contributed by atoms with van der Waals surface area (Å²) in [7, 11) is 0. The van der Waals surface area contributed by atoms with E-state index >= 15 is 0 Å². The summed E-state index contributed by atoms with van der Waals surface area (Å²) in [6, 6.07) is 0.268. The van der Waals surface area contributed by atoms with Gasteiger partial charge in [-0.25, -0.2) is 0 Å². The van der Waals surface area contributed by atoms with Crippen LogP contribution in [0.5, 0.6) is 0 Å². The smallest absolute Gasteiger partial charge is 0.123 e. The van der Waals surface area contributed by atoms with Gasteiger partial charge in [-0.3, -0.25) is 0 Å². The molecular weight excluding hydrogens is 138 g/mol. The quantitative estimate of drug-likeness (QED) is 0.611. The zero-order chi connectivity index (χ0) is 8.27. The van der Waals surface area contributed by atoms with Crippen molar-refractivity contribution < 1.29 is 4.79 Å². The van der Waals surface area contributed by atoms with Gasteiger partial charge in [-0.2, -0.15) is 0 Å². The third-order valence-electron chi connectivity index (χ3n) is 2.76. The highest BCUT2D eigenvalue weighted by Gasteiger charge is 2.26. The van der Waals surface area contributed by atoms with Crippen LogP contribution in [0.25, 0.3) is 0 Å². The zero-order valence-corrected chi connectivity index (χ0v) is 7.12. The Morgan fingerprint density at radius 3 is 2.64 bits per heavy atom. The Labute approximate surface area is 68.2 Å². The second-order valence-corrected chi connectivity index (χ2v) is 3.61. The minimum absolute atomic E-state index is 0.158. The fourth-order valence-corrected chi connectivity index (χ4v) is 1.94. The molecule has 1 aliphatic rings. The van der Waals surface area contributed by atoms with Crippen molar-refractivity contribution in [2.24, 2.45) is 17.6 Å². The monoisotopic (exact) mass is 155 g/mol. The Hall–Kier alpha value is -0.370. The number of aldehydes is 1. The van der Waals surface area contributed by atoms with Gasteiger partial charge < -0.3 is 10.5 Å². The van der Waals surface area contributed by atoms with Gasteiger partial charge in [-0.05, 0) is 18.8 Å². The van der Waals surface area contributed by atoms with E-state index in [4.69, 9.17) is 5.73 Å². The second-order valence-electron chi connectivity index (χ2n) is 3.61. The van der Waals surface area contributed by atoms with Crippen LogP contribution in [0.1, 0.15) is 32.6 Å². The third-order valence-corrected chi connectivity index (χ3v) is 2.76. The summed E-state index contributed by atoms with van der Waals surface area (Å²) < 4.78 is 0. The van der Waals surface area contributed by atoms with Gasteiger partial charge in [-0.1, -0.05) is 19.8 Å². The van der Waals surface area contributed by atoms with E-state index in [9.17, 15) is 4.79 Å². The van der Waals surface area contributed by atoms with Crippen LogP contribution >= 0.6 is 0 Å². The van der Waals surface area contributed by atoms with E-state index in [1.807, 2.05) is 6.92 Å². The van der Waals surface area contributed by atoms with Crippen molar-refractivity contribution in [2.75, 3.05) is 0 Å². The minimum atomic E-state index is 0.158. The van der Waals surface area contributed by atoms with Crippen LogP contribution in [-0.2, 0) is 4.79 Å². The van der Waals surface area contributed by atoms with Crippen molar-refractivity contribution in [3.63, 3.8) is 0 Å². The molecule has 0 heterocycles. The van der Waals surface area contributed by atoms with Gasteiger partial charge >= 0.3 is 0 Å². The molecule has 2 N–H and O–H groups in total. The van der Waals surface area contributed by atoms with Gasteiger partial charge in [0.2, 0.25) is 0 Å². The van der Waals surface area contributed by atoms with Crippen LogP contribution in [0, 0.1) is 11.8 Å². The maximum atomic E-state index is 10.5. The van der Waals surface area contributed by atoms with E-state index in [1.165, 1.54) is 12.8 Å². The number of carbonyl (C=O) groups excluding carboxylic acids is 1. The van der Waals surface area contributed by atoms with Crippen molar-refractivity contribution in [1.82, 2.24) is 0 Å². The highest BCUT2D eigenvalue weighted by molar-refractivity contribution is 5.53. The van der Waals surface area contributed by atoms with E-state index < -0.39 is 0 Å². The summed E-state index contributed by atoms with van der Waals surface area (Å²) in [6.07, 6.45) is 5.76. The first kappa shape index (κ1) is 8.72. The summed E-state index contributed by atoms with van der Waals surface area (Å²) >= 11 is 0. The van der Waals surface area contributed by atoms with Crippen LogP contribution in [0.15, 0.2) is 0 Å². The molecule has 64 valence electrons. The lowest BCUT2D eigenvalue weighted by Gasteiger charge is -2.30. The van der Waals surface area contributed by atoms with Crippen molar-refractivity contribution in [3.05, 3.63) is 0 Å². The van der Waals surface area contributed by atoms with Crippen molar-refractivity contribution >= 4 is 6.29 Å². The fraction of sp³-hybridized carbons (Fsp3) is 0.889. The summed E-state index contributed by atoms with van der Waals surface area (Å²) in [5.41, 5.74) is 5.90. The van der Waals surface area contributed by atoms with Gasteiger partial charge in [0.1, 0.15) is 6.29 Å². The first-order valence-electron chi connectivity index (χ1n) is 4.46. The molecule has 0 saturated heterocycles. The number of rotatable bonds is 2. The van der Waals surface area contributed by atoms with Crippen molar-refractivity contribution in [1.29, 1.82) is 0 Å². The molecule has 2 heteroatoms. The molecule has 1 rings (SSSR count). The topological polar surface area (TPSA) is 43.1 Å². The van der Waals surface area contributed by atoms with E-state index in [-0.39, 0.29) is 12.0 Å². The molecule has 2 nitrogen and oxygen atoms in total.